The summed E-state index contributed by atoms with van der Waals surface area (Å²) in [6, 6.07) is 7.16. The third-order valence-electron chi connectivity index (χ3n) is 5.91. The summed E-state index contributed by atoms with van der Waals surface area (Å²) >= 11 is 0. The molecule has 2 heterocycles. The van der Waals surface area contributed by atoms with Gasteiger partial charge in [-0.05, 0) is 11.1 Å². The molecule has 0 aliphatic heterocycles. The Kier molecular flexibility index (Phi) is 13.6. The van der Waals surface area contributed by atoms with Crippen LogP contribution >= 0.6 is 0 Å². The van der Waals surface area contributed by atoms with Crippen LogP contribution < -0.4 is 20.6 Å². The van der Waals surface area contributed by atoms with Gasteiger partial charge in [-0.25, -0.2) is 5.06 Å². The molecule has 22 heteroatoms. The Balaban J connectivity index is 1.88. The highest BCUT2D eigenvalue weighted by Gasteiger charge is 2.16. The van der Waals surface area contributed by atoms with Crippen molar-refractivity contribution in [2.24, 2.45) is 0 Å². The molecule has 0 unspecified atom stereocenters. The fraction of sp³-hybridized carbons (Fsp3) is 0.500. The van der Waals surface area contributed by atoms with Crippen LogP contribution in [-0.4, -0.2) is 140 Å². The molecule has 0 radical (unpaired) electrons. The number of nitrogens with one attached hydrogen (secondary N) is 2. The van der Waals surface area contributed by atoms with E-state index in [-0.39, 0.29) is 94.2 Å². The molecule has 20 nitrogen and oxygen atoms in total. The summed E-state index contributed by atoms with van der Waals surface area (Å²) in [5.41, 5.74) is 1.45. The lowest BCUT2D eigenvalue weighted by Gasteiger charge is -2.21. The van der Waals surface area contributed by atoms with Crippen LogP contribution in [0.2, 0.25) is 0 Å². The van der Waals surface area contributed by atoms with Crippen molar-refractivity contribution in [1.82, 2.24) is 29.9 Å². The Morgan fingerprint density at radius 3 is 1.57 bits per heavy atom. The molecule has 0 aliphatic rings. The predicted octanol–water partition coefficient (Wildman–Crippen LogP) is -2.18. The van der Waals surface area contributed by atoms with Crippen molar-refractivity contribution in [3.05, 3.63) is 47.0 Å². The largest absolute Gasteiger partial charge is 0.395 e. The van der Waals surface area contributed by atoms with E-state index in [1.165, 1.54) is 4.90 Å². The van der Waals surface area contributed by atoms with Crippen molar-refractivity contribution in [2.75, 3.05) is 84.6 Å². The molecule has 3 aromatic rings. The molecule has 3 rings (SSSR count). The van der Waals surface area contributed by atoms with Crippen LogP contribution in [-0.2, 0) is 33.1 Å². The molecule has 0 saturated heterocycles. The fourth-order valence-corrected chi connectivity index (χ4v) is 4.65. The van der Waals surface area contributed by atoms with Crippen molar-refractivity contribution in [1.29, 1.82) is 0 Å². The minimum absolute atomic E-state index is 0.0175. The molecule has 254 valence electrons. The number of aliphatic hydroxyl groups excluding tert-OH is 3. The quantitative estimate of drug-likeness (QED) is 0.0462. The Hall–Kier alpha value is -3.90. The van der Waals surface area contributed by atoms with Crippen LogP contribution in [0.3, 0.4) is 0 Å². The molecular formula is C24H36N10O10S2. The summed E-state index contributed by atoms with van der Waals surface area (Å²) in [7, 11) is -8.49. The number of aromatic nitrogens is 6. The van der Waals surface area contributed by atoms with Crippen molar-refractivity contribution >= 4 is 44.0 Å². The van der Waals surface area contributed by atoms with E-state index in [1.54, 1.807) is 18.2 Å². The maximum atomic E-state index is 11.1. The van der Waals surface area contributed by atoms with Crippen LogP contribution in [0.15, 0.2) is 24.3 Å². The summed E-state index contributed by atoms with van der Waals surface area (Å²) in [5.74, 6) is -0.877. The molecule has 0 spiro atoms. The van der Waals surface area contributed by atoms with Gasteiger partial charge in [0.25, 0.3) is 26.2 Å². The van der Waals surface area contributed by atoms with Gasteiger partial charge in [-0.2, -0.15) is 46.7 Å². The first-order valence-corrected chi connectivity index (χ1v) is 17.0. The minimum atomic E-state index is -4.25. The van der Waals surface area contributed by atoms with Crippen LogP contribution in [0, 0.1) is 0 Å². The van der Waals surface area contributed by atoms with Crippen LogP contribution in [0.4, 0.5) is 23.8 Å². The van der Waals surface area contributed by atoms with E-state index >= 15 is 0 Å². The van der Waals surface area contributed by atoms with Gasteiger partial charge >= 0.3 is 0 Å². The Labute approximate surface area is 264 Å². The average Bonchev–Trinajstić information content (AvgIpc) is 2.96. The first-order chi connectivity index (χ1) is 21.8. The lowest BCUT2D eigenvalue weighted by atomic mass is 10.1. The maximum Gasteiger partial charge on any atom is 0.266 e. The Morgan fingerprint density at radius 2 is 1.11 bits per heavy atom. The smallest absolute Gasteiger partial charge is 0.266 e. The molecule has 8 N–H and O–H groups in total. The topological polar surface area (TPSA) is 298 Å². The molecule has 46 heavy (non-hydrogen) atoms. The van der Waals surface area contributed by atoms with Gasteiger partial charge in [-0.3, -0.25) is 14.3 Å². The summed E-state index contributed by atoms with van der Waals surface area (Å²) in [5, 5.41) is 44.3. The average molecular weight is 689 g/mol. The summed E-state index contributed by atoms with van der Waals surface area (Å²) in [4.78, 5) is 27.1. The second-order valence-corrected chi connectivity index (χ2v) is 12.8. The van der Waals surface area contributed by atoms with Gasteiger partial charge < -0.3 is 30.9 Å². The number of nitrogens with zero attached hydrogens (tertiary/aromatic N) is 8. The van der Waals surface area contributed by atoms with Crippen molar-refractivity contribution in [3.63, 3.8) is 0 Å². The summed E-state index contributed by atoms with van der Waals surface area (Å²) in [6.45, 7) is -1.32. The Morgan fingerprint density at radius 1 is 0.652 bits per heavy atom. The second kappa shape index (κ2) is 17.1. The van der Waals surface area contributed by atoms with E-state index in [1.807, 2.05) is 6.07 Å². The highest BCUT2D eigenvalue weighted by Crippen LogP contribution is 2.17. The van der Waals surface area contributed by atoms with E-state index in [4.69, 9.17) is 9.11 Å². The van der Waals surface area contributed by atoms with E-state index in [9.17, 15) is 37.4 Å². The molecule has 0 fully saturated rings. The van der Waals surface area contributed by atoms with E-state index in [0.29, 0.717) is 10.6 Å². The van der Waals surface area contributed by atoms with E-state index in [0.717, 1.165) is 5.56 Å². The highest BCUT2D eigenvalue weighted by molar-refractivity contribution is 7.86. The molecule has 0 bridgehead atoms. The van der Waals surface area contributed by atoms with E-state index < -0.39 is 38.3 Å². The number of anilines is 4. The first-order valence-electron chi connectivity index (χ1n) is 13.8. The molecule has 2 aromatic heterocycles. The maximum absolute atomic E-state index is 11.1. The number of benzene rings is 1. The van der Waals surface area contributed by atoms with Gasteiger partial charge in [0.15, 0.2) is 0 Å². The third kappa shape index (κ3) is 12.8. The number of rotatable bonds is 20. The molecule has 0 atom stereocenters. The Bertz CT molecular complexity index is 1640. The number of hydrogen-bond acceptors (Lipinski definition) is 18. The lowest BCUT2D eigenvalue weighted by molar-refractivity contribution is 0.205. The van der Waals surface area contributed by atoms with Gasteiger partial charge in [-0.1, -0.05) is 24.3 Å². The van der Waals surface area contributed by atoms with Crippen molar-refractivity contribution in [2.45, 2.75) is 12.8 Å². The zero-order valence-corrected chi connectivity index (χ0v) is 26.1. The van der Waals surface area contributed by atoms with Crippen LogP contribution in [0.25, 0.3) is 0 Å². The van der Waals surface area contributed by atoms with Gasteiger partial charge in [-0.15, -0.1) is 0 Å². The minimum Gasteiger partial charge on any atom is -0.395 e. The highest BCUT2D eigenvalue weighted by atomic mass is 32.2. The molecule has 0 saturated carbocycles. The third-order valence-corrected chi connectivity index (χ3v) is 7.35. The van der Waals surface area contributed by atoms with Crippen molar-refractivity contribution in [3.8, 4) is 0 Å². The molecule has 1 aromatic carbocycles. The van der Waals surface area contributed by atoms with E-state index in [2.05, 4.69) is 40.5 Å². The van der Waals surface area contributed by atoms with Gasteiger partial charge in [0, 0.05) is 39.0 Å². The molecule has 0 amide bonds. The van der Waals surface area contributed by atoms with Crippen LogP contribution in [0.5, 0.6) is 0 Å². The number of aliphatic hydroxyl groups is 3. The van der Waals surface area contributed by atoms with Crippen LogP contribution in [0.1, 0.15) is 22.8 Å². The predicted molar refractivity (Wildman–Crippen MR) is 164 cm³/mol. The first kappa shape index (κ1) is 36.6. The SMILES string of the molecule is O=S(=O)(O)CCNc1nc(Cc2cccc(Cc3nc(NCCS(=O)(=O)O)nc(N(CCO)CCO)n3)c2)nc(N(O)CCO)n1. The monoisotopic (exact) mass is 688 g/mol. The number of hydrogen-bond donors (Lipinski definition) is 8. The fourth-order valence-electron chi connectivity index (χ4n) is 3.93. The lowest BCUT2D eigenvalue weighted by Crippen LogP contribution is -2.32. The van der Waals surface area contributed by atoms with Crippen molar-refractivity contribution < 1.29 is 46.5 Å². The zero-order valence-electron chi connectivity index (χ0n) is 24.5. The standard InChI is InChI=1S/C24H36N10O10S2/c35-9-6-33(7-10-36)23-29-19(27-21(31-23)25-4-12-45(39,40)41)15-17-2-1-3-18(14-17)16-20-28-22(26-5-13-46(42,43)44)32-24(30-20)34(38)8-11-37/h1-3,14,35-38H,4-13,15-16H2,(H,39,40,41)(H,42,43,44)(H,25,27,29,31)(H,26,28,30,32). The normalized spacial score (nSPS) is 11.8. The second-order valence-electron chi connectivity index (χ2n) is 9.63. The molecular weight excluding hydrogens is 652 g/mol. The zero-order chi connectivity index (χ0) is 33.7. The van der Waals surface area contributed by atoms with Gasteiger partial charge in [0.1, 0.15) is 11.6 Å². The summed E-state index contributed by atoms with van der Waals surface area (Å²) in [6.07, 6.45) is 0.309. The van der Waals surface area contributed by atoms with Gasteiger partial charge in [0.2, 0.25) is 17.8 Å². The molecule has 0 aliphatic carbocycles. The number of hydroxylamine groups is 1. The summed E-state index contributed by atoms with van der Waals surface area (Å²) < 4.78 is 62.5. The van der Waals surface area contributed by atoms with Gasteiger partial charge in [0.05, 0.1) is 37.9 Å².